The van der Waals surface area contributed by atoms with Crippen molar-refractivity contribution in [3.05, 3.63) is 59.7 Å². The molecule has 1 unspecified atom stereocenters. The molecule has 3 rings (SSSR count). The molecule has 0 nitrogen and oxygen atoms in total. The summed E-state index contributed by atoms with van der Waals surface area (Å²) in [6.07, 6.45) is 3.49. The van der Waals surface area contributed by atoms with Gasteiger partial charge in [-0.15, -0.1) is 11.6 Å². The largest absolute Gasteiger partial charge is 0.118 e. The maximum atomic E-state index is 6.41. The molecule has 0 amide bonds. The lowest BCUT2D eigenvalue weighted by atomic mass is 9.89. The topological polar surface area (TPSA) is 0 Å². The van der Waals surface area contributed by atoms with Crippen molar-refractivity contribution in [1.82, 2.24) is 0 Å². The summed E-state index contributed by atoms with van der Waals surface area (Å²) in [4.78, 5) is 0. The van der Waals surface area contributed by atoms with Crippen LogP contribution in [0.2, 0.25) is 0 Å². The van der Waals surface area contributed by atoms with Crippen LogP contribution in [0.15, 0.2) is 48.5 Å². The number of halogens is 1. The monoisotopic (exact) mass is 242 g/mol. The maximum absolute atomic E-state index is 6.41. The Morgan fingerprint density at radius 2 is 1.76 bits per heavy atom. The van der Waals surface area contributed by atoms with Crippen molar-refractivity contribution >= 4 is 11.6 Å². The first-order chi connectivity index (χ1) is 8.34. The molecule has 0 fully saturated rings. The number of fused-ring (bicyclic) bond motifs is 1. The van der Waals surface area contributed by atoms with Gasteiger partial charge in [0.1, 0.15) is 0 Å². The van der Waals surface area contributed by atoms with Gasteiger partial charge in [-0.2, -0.15) is 0 Å². The average molecular weight is 243 g/mol. The van der Waals surface area contributed by atoms with Crippen LogP contribution in [0.3, 0.4) is 0 Å². The van der Waals surface area contributed by atoms with Gasteiger partial charge < -0.3 is 0 Å². The average Bonchev–Trinajstić information content (AvgIpc) is 2.40. The van der Waals surface area contributed by atoms with Gasteiger partial charge in [0.2, 0.25) is 0 Å². The molecule has 1 heteroatoms. The lowest BCUT2D eigenvalue weighted by molar-refractivity contribution is 0.668. The highest BCUT2D eigenvalue weighted by atomic mass is 35.5. The van der Waals surface area contributed by atoms with Crippen LogP contribution < -0.4 is 0 Å². The Morgan fingerprint density at radius 3 is 2.59 bits per heavy atom. The quantitative estimate of drug-likeness (QED) is 0.620. The molecule has 2 aromatic rings. The fourth-order valence-electron chi connectivity index (χ4n) is 2.55. The van der Waals surface area contributed by atoms with Gasteiger partial charge in [0.15, 0.2) is 0 Å². The predicted octanol–water partition coefficient (Wildman–Crippen LogP) is 4.97. The molecule has 17 heavy (non-hydrogen) atoms. The van der Waals surface area contributed by atoms with Crippen molar-refractivity contribution in [2.45, 2.75) is 24.6 Å². The highest BCUT2D eigenvalue weighted by Gasteiger charge is 2.18. The molecule has 0 heterocycles. The van der Waals surface area contributed by atoms with Crippen LogP contribution in [0.1, 0.15) is 29.3 Å². The summed E-state index contributed by atoms with van der Waals surface area (Å²) in [5.41, 5.74) is 5.30. The van der Waals surface area contributed by atoms with Gasteiger partial charge in [0.25, 0.3) is 0 Å². The van der Waals surface area contributed by atoms with Gasteiger partial charge >= 0.3 is 0 Å². The third kappa shape index (κ3) is 2.10. The number of hydrogen-bond acceptors (Lipinski definition) is 0. The molecule has 2 aromatic carbocycles. The summed E-state index contributed by atoms with van der Waals surface area (Å²) in [5, 5.41) is 0.197. The first-order valence-corrected chi connectivity index (χ1v) is 6.60. The second-order valence-corrected chi connectivity index (χ2v) is 5.17. The van der Waals surface area contributed by atoms with E-state index in [1.54, 1.807) is 0 Å². The normalized spacial score (nSPS) is 18.8. The van der Waals surface area contributed by atoms with E-state index >= 15 is 0 Å². The first kappa shape index (κ1) is 10.9. The third-order valence-corrected chi connectivity index (χ3v) is 3.95. The maximum Gasteiger partial charge on any atom is 0.0588 e. The van der Waals surface area contributed by atoms with Gasteiger partial charge in [0, 0.05) is 0 Å². The van der Waals surface area contributed by atoms with Crippen LogP contribution in [-0.4, -0.2) is 0 Å². The zero-order valence-electron chi connectivity index (χ0n) is 9.70. The van der Waals surface area contributed by atoms with E-state index in [1.165, 1.54) is 35.1 Å². The Morgan fingerprint density at radius 1 is 0.941 bits per heavy atom. The molecule has 0 N–H and O–H groups in total. The summed E-state index contributed by atoms with van der Waals surface area (Å²) in [6.45, 7) is 0. The molecular formula is C16H15Cl. The zero-order valence-corrected chi connectivity index (χ0v) is 10.5. The number of rotatable bonds is 1. The molecule has 0 aromatic heterocycles. The highest BCUT2D eigenvalue weighted by Crippen LogP contribution is 2.36. The van der Waals surface area contributed by atoms with Crippen molar-refractivity contribution in [2.75, 3.05) is 0 Å². The van der Waals surface area contributed by atoms with Gasteiger partial charge in [-0.3, -0.25) is 0 Å². The Hall–Kier alpha value is -1.27. The molecule has 0 aliphatic heterocycles. The standard InChI is InChI=1S/C16H15Cl/c17-16-8-4-7-13-9-10-14(11-15(13)16)12-5-2-1-3-6-12/h1-3,5-6,9-11,16H,4,7-8H2. The molecular weight excluding hydrogens is 228 g/mol. The van der Waals surface area contributed by atoms with Crippen molar-refractivity contribution in [3.8, 4) is 11.1 Å². The van der Waals surface area contributed by atoms with Crippen LogP contribution in [0, 0.1) is 0 Å². The Balaban J connectivity index is 2.06. The second kappa shape index (κ2) is 4.54. The van der Waals surface area contributed by atoms with Gasteiger partial charge in [-0.1, -0.05) is 42.5 Å². The van der Waals surface area contributed by atoms with E-state index in [9.17, 15) is 0 Å². The third-order valence-electron chi connectivity index (χ3n) is 3.49. The molecule has 0 radical (unpaired) electrons. The van der Waals surface area contributed by atoms with Crippen LogP contribution in [-0.2, 0) is 6.42 Å². The minimum atomic E-state index is 0.197. The SMILES string of the molecule is ClC1CCCc2ccc(-c3ccccc3)cc21. The van der Waals surface area contributed by atoms with E-state index in [-0.39, 0.29) is 5.38 Å². The smallest absolute Gasteiger partial charge is 0.0588 e. The summed E-state index contributed by atoms with van der Waals surface area (Å²) in [7, 11) is 0. The second-order valence-electron chi connectivity index (χ2n) is 4.64. The molecule has 0 saturated heterocycles. The van der Waals surface area contributed by atoms with E-state index in [2.05, 4.69) is 42.5 Å². The van der Waals surface area contributed by atoms with Gasteiger partial charge in [-0.05, 0) is 47.6 Å². The summed E-state index contributed by atoms with van der Waals surface area (Å²) in [5.74, 6) is 0. The van der Waals surface area contributed by atoms with E-state index in [1.807, 2.05) is 6.07 Å². The minimum Gasteiger partial charge on any atom is -0.118 e. The van der Waals surface area contributed by atoms with E-state index in [0.29, 0.717) is 0 Å². The predicted molar refractivity (Wildman–Crippen MR) is 73.4 cm³/mol. The number of hydrogen-bond donors (Lipinski definition) is 0. The fraction of sp³-hybridized carbons (Fsp3) is 0.250. The van der Waals surface area contributed by atoms with Gasteiger partial charge in [0.05, 0.1) is 5.38 Å². The van der Waals surface area contributed by atoms with Crippen LogP contribution in [0.4, 0.5) is 0 Å². The molecule has 1 aliphatic rings. The molecule has 0 spiro atoms. The fourth-order valence-corrected chi connectivity index (χ4v) is 2.91. The van der Waals surface area contributed by atoms with Crippen LogP contribution >= 0.6 is 11.6 Å². The van der Waals surface area contributed by atoms with Crippen LogP contribution in [0.25, 0.3) is 11.1 Å². The van der Waals surface area contributed by atoms with Crippen LogP contribution in [0.5, 0.6) is 0 Å². The molecule has 0 saturated carbocycles. The zero-order chi connectivity index (χ0) is 11.7. The van der Waals surface area contributed by atoms with Crippen molar-refractivity contribution in [2.24, 2.45) is 0 Å². The van der Waals surface area contributed by atoms with Crippen molar-refractivity contribution in [3.63, 3.8) is 0 Å². The molecule has 0 bridgehead atoms. The number of alkyl halides is 1. The molecule has 1 aliphatic carbocycles. The lowest BCUT2D eigenvalue weighted by Crippen LogP contribution is -2.05. The van der Waals surface area contributed by atoms with Gasteiger partial charge in [-0.25, -0.2) is 0 Å². The summed E-state index contributed by atoms with van der Waals surface area (Å²) in [6, 6.07) is 17.2. The van der Waals surface area contributed by atoms with E-state index in [0.717, 1.165) is 6.42 Å². The van der Waals surface area contributed by atoms with Crippen molar-refractivity contribution < 1.29 is 0 Å². The first-order valence-electron chi connectivity index (χ1n) is 6.17. The summed E-state index contributed by atoms with van der Waals surface area (Å²) < 4.78 is 0. The lowest BCUT2D eigenvalue weighted by Gasteiger charge is -2.21. The Kier molecular flexibility index (Phi) is 2.90. The highest BCUT2D eigenvalue weighted by molar-refractivity contribution is 6.21. The minimum absolute atomic E-state index is 0.197. The Labute approximate surface area is 107 Å². The molecule has 1 atom stereocenters. The number of aryl methyl sites for hydroxylation is 1. The summed E-state index contributed by atoms with van der Waals surface area (Å²) >= 11 is 6.41. The Bertz CT molecular complexity index is 516. The number of benzene rings is 2. The van der Waals surface area contributed by atoms with E-state index < -0.39 is 0 Å². The van der Waals surface area contributed by atoms with Crippen molar-refractivity contribution in [1.29, 1.82) is 0 Å². The molecule has 86 valence electrons. The van der Waals surface area contributed by atoms with E-state index in [4.69, 9.17) is 11.6 Å².